The number of rotatable bonds is 31. The minimum atomic E-state index is -3.81. The van der Waals surface area contributed by atoms with Crippen molar-refractivity contribution in [2.24, 2.45) is 11.8 Å². The first-order valence-corrected chi connectivity index (χ1v) is 36.7. The lowest BCUT2D eigenvalue weighted by atomic mass is 9.93. The number of H-pyrrole nitrogens is 1. The van der Waals surface area contributed by atoms with E-state index in [9.17, 15) is 32.4 Å². The number of aryl methyl sites for hydroxylation is 1. The molecule has 30 heteroatoms. The number of benzene rings is 3. The summed E-state index contributed by atoms with van der Waals surface area (Å²) in [5.41, 5.74) is 5.74. The van der Waals surface area contributed by atoms with E-state index in [0.29, 0.717) is 76.1 Å². The molecule has 3 aromatic carbocycles. The van der Waals surface area contributed by atoms with Crippen molar-refractivity contribution in [3.63, 3.8) is 0 Å². The highest BCUT2D eigenvalue weighted by Crippen LogP contribution is 2.36. The molecule has 0 saturated heterocycles. The molecule has 11 aromatic rings. The summed E-state index contributed by atoms with van der Waals surface area (Å²) < 4.78 is 103. The van der Waals surface area contributed by atoms with Crippen molar-refractivity contribution in [3.05, 3.63) is 174 Å². The number of esters is 2. The second kappa shape index (κ2) is 38.3. The van der Waals surface area contributed by atoms with Crippen molar-refractivity contribution in [1.82, 2.24) is 39.4 Å². The summed E-state index contributed by atoms with van der Waals surface area (Å²) in [6.45, 7) is 23.8. The molecule has 8 aromatic heterocycles. The molecular formula is C79H92N8O21S. The SMILES string of the molecule is COC(=O)C(c1cc(=O)[nH]o1)C(C)C.COC(=O)C(c1cc(OCCOCCOCCOc2ccc(-c3ccc4c5cnccc5n(C(=O)OC(C)(C)C)c4c3)cn2)no1)C(C)C.Cc1ccc(S(=O)(=O)OCCOCCOCCOc2ccc(-c3ccc4c5cnccc5n(C(=O)OC(C)(C)C)c4c3)cn2)cc1. The van der Waals surface area contributed by atoms with Gasteiger partial charge in [0.1, 0.15) is 42.9 Å². The van der Waals surface area contributed by atoms with Crippen LogP contribution in [0.25, 0.3) is 65.9 Å². The number of aromatic nitrogens is 8. The number of pyridine rings is 4. The zero-order valence-corrected chi connectivity index (χ0v) is 64.1. The van der Waals surface area contributed by atoms with Crippen LogP contribution < -0.4 is 19.8 Å². The van der Waals surface area contributed by atoms with Gasteiger partial charge in [0.25, 0.3) is 21.6 Å². The lowest BCUT2D eigenvalue weighted by Gasteiger charge is -2.20. The predicted octanol–water partition coefficient (Wildman–Crippen LogP) is 13.5. The maximum Gasteiger partial charge on any atom is 0.419 e. The number of aromatic amines is 1. The van der Waals surface area contributed by atoms with E-state index in [1.54, 1.807) is 76.6 Å². The highest BCUT2D eigenvalue weighted by atomic mass is 32.2. The predicted molar refractivity (Wildman–Crippen MR) is 403 cm³/mol. The number of hydrogen-bond donors (Lipinski definition) is 1. The fourth-order valence-electron chi connectivity index (χ4n) is 11.2. The van der Waals surface area contributed by atoms with Crippen LogP contribution in [0.5, 0.6) is 17.6 Å². The van der Waals surface area contributed by atoms with Gasteiger partial charge in [-0.2, -0.15) is 13.6 Å². The molecular weight excluding hydrogens is 1430 g/mol. The average Bonchev–Trinajstić information content (AvgIpc) is 1.60. The number of nitrogens with zero attached hydrogens (tertiary/aromatic N) is 7. The van der Waals surface area contributed by atoms with Crippen LogP contribution in [-0.4, -0.2) is 177 Å². The highest BCUT2D eigenvalue weighted by Gasteiger charge is 2.31. The Labute approximate surface area is 630 Å². The van der Waals surface area contributed by atoms with Crippen LogP contribution >= 0.6 is 0 Å². The Kier molecular flexibility index (Phi) is 28.8. The van der Waals surface area contributed by atoms with E-state index >= 15 is 0 Å². The van der Waals surface area contributed by atoms with Gasteiger partial charge in [0.15, 0.2) is 11.5 Å². The van der Waals surface area contributed by atoms with E-state index in [1.807, 2.05) is 137 Å². The number of fused-ring (bicyclic) bond motifs is 6. The van der Waals surface area contributed by atoms with Gasteiger partial charge in [0, 0.05) is 94.1 Å². The number of nitrogens with one attached hydrogen (secondary N) is 1. The summed E-state index contributed by atoms with van der Waals surface area (Å²) in [6.07, 6.45) is 9.38. The summed E-state index contributed by atoms with van der Waals surface area (Å²) >= 11 is 0. The van der Waals surface area contributed by atoms with Gasteiger partial charge in [-0.1, -0.05) is 69.7 Å². The molecule has 0 aliphatic heterocycles. The maximum absolute atomic E-state index is 13.2. The van der Waals surface area contributed by atoms with Gasteiger partial charge >= 0.3 is 24.1 Å². The van der Waals surface area contributed by atoms with Crippen LogP contribution in [0.4, 0.5) is 9.59 Å². The van der Waals surface area contributed by atoms with Gasteiger partial charge in [0.2, 0.25) is 11.8 Å². The normalized spacial score (nSPS) is 12.3. The van der Waals surface area contributed by atoms with Crippen molar-refractivity contribution in [3.8, 4) is 39.9 Å². The summed E-state index contributed by atoms with van der Waals surface area (Å²) in [7, 11) is -1.16. The van der Waals surface area contributed by atoms with Crippen molar-refractivity contribution >= 4 is 77.9 Å². The highest BCUT2D eigenvalue weighted by molar-refractivity contribution is 7.86. The van der Waals surface area contributed by atoms with Crippen molar-refractivity contribution in [2.45, 2.75) is 104 Å². The third-order valence-corrected chi connectivity index (χ3v) is 17.6. The van der Waals surface area contributed by atoms with Gasteiger partial charge in [-0.15, -0.1) is 0 Å². The maximum atomic E-state index is 13.2. The Balaban J connectivity index is 0.000000213. The molecule has 29 nitrogen and oxygen atoms in total. The topological polar surface area (TPSA) is 347 Å². The first-order chi connectivity index (χ1) is 52.1. The van der Waals surface area contributed by atoms with Gasteiger partial charge < -0.3 is 61.2 Å². The number of methoxy groups -OCH3 is 2. The van der Waals surface area contributed by atoms with Crippen LogP contribution in [0.1, 0.15) is 98.2 Å². The second-order valence-electron chi connectivity index (χ2n) is 27.4. The molecule has 109 heavy (non-hydrogen) atoms. The third-order valence-electron chi connectivity index (χ3n) is 16.3. The molecule has 580 valence electrons. The van der Waals surface area contributed by atoms with E-state index in [4.69, 9.17) is 60.6 Å². The molecule has 0 radical (unpaired) electrons. The Morgan fingerprint density at radius 1 is 0.477 bits per heavy atom. The minimum Gasteiger partial charge on any atom is -0.475 e. The molecule has 11 rings (SSSR count). The van der Waals surface area contributed by atoms with Crippen LogP contribution in [-0.2, 0) is 61.8 Å². The smallest absolute Gasteiger partial charge is 0.419 e. The Bertz CT molecular complexity index is 5000. The lowest BCUT2D eigenvalue weighted by Crippen LogP contribution is -2.27. The number of carbonyl (C=O) groups excluding carboxylic acids is 4. The lowest BCUT2D eigenvalue weighted by molar-refractivity contribution is -0.145. The van der Waals surface area contributed by atoms with Crippen molar-refractivity contribution < 1.29 is 92.9 Å². The fourth-order valence-corrected chi connectivity index (χ4v) is 12.1. The van der Waals surface area contributed by atoms with Crippen LogP contribution in [0.3, 0.4) is 0 Å². The van der Waals surface area contributed by atoms with Crippen LogP contribution in [0, 0.1) is 18.8 Å². The number of hydrogen-bond acceptors (Lipinski definition) is 26. The summed E-state index contributed by atoms with van der Waals surface area (Å²) in [6, 6.07) is 32.2. The Hall–Kier alpha value is -10.9. The zero-order valence-electron chi connectivity index (χ0n) is 63.3. The molecule has 0 amide bonds. The third kappa shape index (κ3) is 22.8. The largest absolute Gasteiger partial charge is 0.475 e. The van der Waals surface area contributed by atoms with Gasteiger partial charge in [-0.25, -0.2) is 28.7 Å². The van der Waals surface area contributed by atoms with Gasteiger partial charge in [-0.3, -0.25) is 28.5 Å². The molecule has 0 spiro atoms. The van der Waals surface area contributed by atoms with E-state index in [2.05, 4.69) is 35.0 Å². The molecule has 2 atom stereocenters. The monoisotopic (exact) mass is 1520 g/mol. The molecule has 0 aliphatic rings. The molecule has 8 heterocycles. The second-order valence-corrected chi connectivity index (χ2v) is 29.0. The minimum absolute atomic E-state index is 0.0146. The molecule has 0 saturated carbocycles. The van der Waals surface area contributed by atoms with E-state index in [-0.39, 0.29) is 60.6 Å². The zero-order chi connectivity index (χ0) is 78.4. The molecule has 2 unspecified atom stereocenters. The Morgan fingerprint density at radius 3 is 1.30 bits per heavy atom. The molecule has 0 fully saturated rings. The summed E-state index contributed by atoms with van der Waals surface area (Å²) in [5.74, 6) is 0.0613. The summed E-state index contributed by atoms with van der Waals surface area (Å²) in [4.78, 5) is 78.1. The van der Waals surface area contributed by atoms with E-state index in [1.165, 1.54) is 32.4 Å². The van der Waals surface area contributed by atoms with Crippen molar-refractivity contribution in [2.75, 3.05) is 93.5 Å². The molecule has 0 aliphatic carbocycles. The summed E-state index contributed by atoms with van der Waals surface area (Å²) in [5, 5.41) is 9.55. The fraction of sp³-hybridized carbons (Fsp3) is 0.392. The van der Waals surface area contributed by atoms with E-state index < -0.39 is 51.3 Å². The van der Waals surface area contributed by atoms with Crippen molar-refractivity contribution in [1.29, 1.82) is 0 Å². The first-order valence-electron chi connectivity index (χ1n) is 35.3. The molecule has 1 N–H and O–H groups in total. The van der Waals surface area contributed by atoms with Crippen LogP contribution in [0.15, 0.2) is 165 Å². The van der Waals surface area contributed by atoms with Crippen LogP contribution in [0.2, 0.25) is 0 Å². The first kappa shape index (κ1) is 82.2. The van der Waals surface area contributed by atoms with Gasteiger partial charge in [0.05, 0.1) is 101 Å². The number of ether oxygens (including phenoxy) is 11. The number of carbonyl (C=O) groups is 4. The average molecular weight is 1520 g/mol. The van der Waals surface area contributed by atoms with Gasteiger partial charge in [-0.05, 0) is 125 Å². The molecule has 0 bridgehead atoms. The Morgan fingerprint density at radius 2 is 0.899 bits per heavy atom. The standard InChI is InChI=1S/C36H42N4O9.C34H37N3O8S.C9H13NO4/c1-23(2)33(34(41)43-6)30-20-32(39-49-30)47-18-16-45-14-13-44-15-17-46-31-10-8-25(21-38-31)24-7-9-26-27-22-37-12-11-28(27)40(29(26)19-24)35(42)48-36(3,4)5;1-24-5-9-27(10-6-24)46(39,40)44-20-18-42-16-15-41-17-19-43-32-12-8-26(22-36-32)25-7-11-28-29-23-35-14-13-30(29)37(31(28)21-25)33(38)45-34(2,3)4;1-5(2)8(9(12)13-3)6-4-7(11)10-14-6/h7-12,19-23,33H,13-18H2,1-6H3;5-14,21-23H,15-20H2,1-4H3;4-5,8H,1-3H3,(H,10,11). The van der Waals surface area contributed by atoms with E-state index in [0.717, 1.165) is 71.4 Å². The quantitative estimate of drug-likeness (QED) is 0.0182.